The zero-order valence-corrected chi connectivity index (χ0v) is 31.2. The lowest BCUT2D eigenvalue weighted by Gasteiger charge is -2.33. The van der Waals surface area contributed by atoms with Crippen molar-refractivity contribution in [2.75, 3.05) is 0 Å². The monoisotopic (exact) mass is 730 g/mol. The number of rotatable bonds is 6. The summed E-state index contributed by atoms with van der Waals surface area (Å²) in [5.74, 6) is 0.707. The van der Waals surface area contributed by atoms with E-state index in [9.17, 15) is 0 Å². The Labute approximate surface area is 330 Å². The maximum Gasteiger partial charge on any atom is 0.160 e. The highest BCUT2D eigenvalue weighted by atomic mass is 32.1. The molecule has 0 amide bonds. The fourth-order valence-electron chi connectivity index (χ4n) is 8.89. The predicted octanol–water partition coefficient (Wildman–Crippen LogP) is 13.9. The van der Waals surface area contributed by atoms with Crippen LogP contribution in [0.3, 0.4) is 0 Å². The van der Waals surface area contributed by atoms with Crippen molar-refractivity contribution in [1.82, 2.24) is 9.97 Å². The first-order chi connectivity index (χ1) is 27.8. The van der Waals surface area contributed by atoms with Crippen LogP contribution in [-0.4, -0.2) is 9.97 Å². The first-order valence-corrected chi connectivity index (χ1v) is 19.9. The summed E-state index contributed by atoms with van der Waals surface area (Å²) in [5, 5.41) is 2.63. The third-order valence-electron chi connectivity index (χ3n) is 11.4. The maximum atomic E-state index is 5.35. The van der Waals surface area contributed by atoms with Gasteiger partial charge in [-0.2, -0.15) is 0 Å². The SMILES string of the molecule is c1ccc(-c2nc(-c3ccc(-c4ccc5c(c4)sc4ccccc45)cc3)cc(-c3cccc4c3-c3ccccc3C4(c3ccccc3)c3ccccc3)n2)cc1. The van der Waals surface area contributed by atoms with Crippen molar-refractivity contribution < 1.29 is 0 Å². The number of benzene rings is 8. The molecule has 0 N–H and O–H groups in total. The number of hydrogen-bond donors (Lipinski definition) is 0. The largest absolute Gasteiger partial charge is 0.228 e. The Morgan fingerprint density at radius 3 is 1.70 bits per heavy atom. The molecular formula is C53H34N2S. The first-order valence-electron chi connectivity index (χ1n) is 19.1. The molecule has 3 heteroatoms. The molecule has 0 bridgehead atoms. The molecule has 0 fully saturated rings. The molecule has 0 atom stereocenters. The van der Waals surface area contributed by atoms with E-state index in [1.165, 1.54) is 64.7 Å². The molecule has 0 aliphatic heterocycles. The van der Waals surface area contributed by atoms with E-state index < -0.39 is 5.41 Å². The van der Waals surface area contributed by atoms with E-state index in [2.05, 4.69) is 200 Å². The molecule has 56 heavy (non-hydrogen) atoms. The average molecular weight is 731 g/mol. The number of thiophene rings is 1. The minimum Gasteiger partial charge on any atom is -0.228 e. The number of hydrogen-bond acceptors (Lipinski definition) is 3. The Morgan fingerprint density at radius 1 is 0.357 bits per heavy atom. The van der Waals surface area contributed by atoms with E-state index in [4.69, 9.17) is 9.97 Å². The molecule has 0 radical (unpaired) electrons. The number of fused-ring (bicyclic) bond motifs is 6. The standard InChI is InChI=1S/C53H34N2S/c1-4-15-37(16-5-1)52-54-47(36-29-27-35(28-30-36)38-31-32-42-41-21-11-13-26-49(41)56-50(42)33-38)34-48(55-52)44-23-14-25-46-51(44)43-22-10-12-24-45(43)53(46,39-17-6-2-7-18-39)40-19-8-3-9-20-40/h1-34H. The van der Waals surface area contributed by atoms with Crippen LogP contribution in [0.15, 0.2) is 206 Å². The predicted molar refractivity (Wildman–Crippen MR) is 234 cm³/mol. The molecule has 1 aliphatic rings. The molecule has 0 unspecified atom stereocenters. The van der Waals surface area contributed by atoms with Crippen molar-refractivity contribution >= 4 is 31.5 Å². The molecule has 2 nitrogen and oxygen atoms in total. The summed E-state index contributed by atoms with van der Waals surface area (Å²) in [4.78, 5) is 10.6. The van der Waals surface area contributed by atoms with Crippen LogP contribution in [0.25, 0.3) is 76.3 Å². The van der Waals surface area contributed by atoms with Crippen LogP contribution in [0.4, 0.5) is 0 Å². The molecule has 2 aromatic heterocycles. The summed E-state index contributed by atoms with van der Waals surface area (Å²) in [6, 6.07) is 74.4. The highest BCUT2D eigenvalue weighted by Gasteiger charge is 2.46. The lowest BCUT2D eigenvalue weighted by atomic mass is 9.67. The zero-order valence-electron chi connectivity index (χ0n) is 30.4. The Balaban J connectivity index is 1.08. The quantitative estimate of drug-likeness (QED) is 0.170. The van der Waals surface area contributed by atoms with Crippen LogP contribution in [0.2, 0.25) is 0 Å². The van der Waals surface area contributed by atoms with Gasteiger partial charge in [-0.25, -0.2) is 9.97 Å². The van der Waals surface area contributed by atoms with E-state index in [1.54, 1.807) is 0 Å². The van der Waals surface area contributed by atoms with E-state index in [-0.39, 0.29) is 0 Å². The van der Waals surface area contributed by atoms with Crippen molar-refractivity contribution in [2.24, 2.45) is 0 Å². The lowest BCUT2D eigenvalue weighted by Crippen LogP contribution is -2.28. The fourth-order valence-corrected chi connectivity index (χ4v) is 10.0. The van der Waals surface area contributed by atoms with Crippen LogP contribution in [0, 0.1) is 0 Å². The Hall–Kier alpha value is -6.94. The van der Waals surface area contributed by atoms with Gasteiger partial charge in [0.05, 0.1) is 16.8 Å². The average Bonchev–Trinajstić information content (AvgIpc) is 3.81. The first kappa shape index (κ1) is 32.5. The van der Waals surface area contributed by atoms with Crippen molar-refractivity contribution in [2.45, 2.75) is 5.41 Å². The summed E-state index contributed by atoms with van der Waals surface area (Å²) in [6.45, 7) is 0. The molecule has 0 spiro atoms. The van der Waals surface area contributed by atoms with Crippen LogP contribution >= 0.6 is 11.3 Å². The van der Waals surface area contributed by atoms with Gasteiger partial charge in [-0.3, -0.25) is 0 Å². The summed E-state index contributed by atoms with van der Waals surface area (Å²) in [6.07, 6.45) is 0. The summed E-state index contributed by atoms with van der Waals surface area (Å²) >= 11 is 1.85. The molecule has 0 saturated heterocycles. The molecule has 10 aromatic rings. The third-order valence-corrected chi connectivity index (χ3v) is 12.5. The van der Waals surface area contributed by atoms with Gasteiger partial charge in [0.1, 0.15) is 0 Å². The van der Waals surface area contributed by atoms with Gasteiger partial charge in [0.25, 0.3) is 0 Å². The van der Waals surface area contributed by atoms with E-state index >= 15 is 0 Å². The van der Waals surface area contributed by atoms with Crippen molar-refractivity contribution in [3.63, 3.8) is 0 Å². The van der Waals surface area contributed by atoms with Gasteiger partial charge < -0.3 is 0 Å². The minimum absolute atomic E-state index is 0.489. The highest BCUT2D eigenvalue weighted by molar-refractivity contribution is 7.25. The molecule has 2 heterocycles. The molecule has 8 aromatic carbocycles. The van der Waals surface area contributed by atoms with Crippen LogP contribution in [0.5, 0.6) is 0 Å². The van der Waals surface area contributed by atoms with Crippen molar-refractivity contribution in [1.29, 1.82) is 0 Å². The normalized spacial score (nSPS) is 12.8. The van der Waals surface area contributed by atoms with Gasteiger partial charge >= 0.3 is 0 Å². The molecular weight excluding hydrogens is 697 g/mol. The number of nitrogens with zero attached hydrogens (tertiary/aromatic N) is 2. The highest BCUT2D eigenvalue weighted by Crippen LogP contribution is 2.58. The van der Waals surface area contributed by atoms with Gasteiger partial charge in [-0.1, -0.05) is 188 Å². The second-order valence-corrected chi connectivity index (χ2v) is 15.6. The van der Waals surface area contributed by atoms with Gasteiger partial charge in [-0.15, -0.1) is 11.3 Å². The van der Waals surface area contributed by atoms with E-state index in [0.717, 1.165) is 28.1 Å². The second-order valence-electron chi connectivity index (χ2n) is 14.5. The van der Waals surface area contributed by atoms with Gasteiger partial charge in [0.2, 0.25) is 0 Å². The molecule has 11 rings (SSSR count). The molecule has 262 valence electrons. The lowest BCUT2D eigenvalue weighted by molar-refractivity contribution is 0.768. The fraction of sp³-hybridized carbons (Fsp3) is 0.0189. The Kier molecular flexibility index (Phi) is 7.61. The van der Waals surface area contributed by atoms with E-state index in [1.807, 2.05) is 17.4 Å². The van der Waals surface area contributed by atoms with Crippen molar-refractivity contribution in [3.8, 4) is 56.2 Å². The smallest absolute Gasteiger partial charge is 0.160 e. The third kappa shape index (κ3) is 5.09. The number of aromatic nitrogens is 2. The van der Waals surface area contributed by atoms with Crippen molar-refractivity contribution in [3.05, 3.63) is 229 Å². The summed E-state index contributed by atoms with van der Waals surface area (Å²) < 4.78 is 2.63. The topological polar surface area (TPSA) is 25.8 Å². The van der Waals surface area contributed by atoms with E-state index in [0.29, 0.717) is 5.82 Å². The zero-order chi connectivity index (χ0) is 37.1. The van der Waals surface area contributed by atoms with Crippen LogP contribution in [0.1, 0.15) is 22.3 Å². The van der Waals surface area contributed by atoms with Gasteiger partial charge in [0, 0.05) is 36.9 Å². The van der Waals surface area contributed by atoms with Gasteiger partial charge in [0.15, 0.2) is 5.82 Å². The van der Waals surface area contributed by atoms with Crippen LogP contribution in [-0.2, 0) is 5.41 Å². The summed E-state index contributed by atoms with van der Waals surface area (Å²) in [7, 11) is 0. The molecule has 1 aliphatic carbocycles. The maximum absolute atomic E-state index is 5.35. The van der Waals surface area contributed by atoms with Gasteiger partial charge in [-0.05, 0) is 62.7 Å². The second kappa shape index (κ2) is 13.1. The minimum atomic E-state index is -0.489. The van der Waals surface area contributed by atoms with Crippen LogP contribution < -0.4 is 0 Å². The Morgan fingerprint density at radius 2 is 0.929 bits per heavy atom. The Bertz CT molecular complexity index is 3020. The summed E-state index contributed by atoms with van der Waals surface area (Å²) in [5.41, 5.74) is 14.3. The molecule has 0 saturated carbocycles.